The van der Waals surface area contributed by atoms with Crippen LogP contribution in [-0.4, -0.2) is 201 Å². The summed E-state index contributed by atoms with van der Waals surface area (Å²) in [5, 5.41) is 2.64. The molecule has 16 nitrogen and oxygen atoms in total. The van der Waals surface area contributed by atoms with Gasteiger partial charge in [0.25, 0.3) is 0 Å². The minimum absolute atomic E-state index is 0.290. The number of rotatable bonds is 41. The molecule has 0 heterocycles. The highest BCUT2D eigenvalue weighted by molar-refractivity contribution is 5.67. The molecule has 1 amide bonds. The normalized spacial score (nSPS) is 11.5. The van der Waals surface area contributed by atoms with Crippen LogP contribution in [0.25, 0.3) is 0 Å². The first-order chi connectivity index (χ1) is 25.9. The molecule has 310 valence electrons. The molecule has 0 aliphatic heterocycles. The number of alkyl carbamates (subject to hydrolysis) is 1. The van der Waals surface area contributed by atoms with Gasteiger partial charge in [0.15, 0.2) is 0 Å². The molecule has 0 aliphatic rings. The van der Waals surface area contributed by atoms with Crippen LogP contribution in [0.4, 0.5) is 4.79 Å². The van der Waals surface area contributed by atoms with Gasteiger partial charge in [0, 0.05) is 26.2 Å². The molecule has 53 heavy (non-hydrogen) atoms. The van der Waals surface area contributed by atoms with E-state index in [2.05, 4.69) is 22.1 Å². The minimum Gasteiger partial charge on any atom is -0.444 e. The fraction of sp³-hybridized carbons (Fsp3) is 0.865. The Morgan fingerprint density at radius 2 is 0.717 bits per heavy atom. The van der Waals surface area contributed by atoms with E-state index in [-0.39, 0.29) is 0 Å². The van der Waals surface area contributed by atoms with E-state index in [4.69, 9.17) is 74.4 Å². The van der Waals surface area contributed by atoms with Gasteiger partial charge < -0.3 is 66.9 Å². The van der Waals surface area contributed by atoms with Crippen molar-refractivity contribution in [1.29, 1.82) is 0 Å². The van der Waals surface area contributed by atoms with E-state index < -0.39 is 11.7 Å². The monoisotopic (exact) mass is 764 g/mol. The van der Waals surface area contributed by atoms with Gasteiger partial charge in [-0.15, -0.1) is 12.8 Å². The first-order valence-electron chi connectivity index (χ1n) is 18.4. The van der Waals surface area contributed by atoms with Gasteiger partial charge in [-0.05, 0) is 20.8 Å². The fourth-order valence-electron chi connectivity index (χ4n) is 3.80. The first kappa shape index (κ1) is 50.9. The van der Waals surface area contributed by atoms with Crippen LogP contribution in [0.2, 0.25) is 0 Å². The lowest BCUT2D eigenvalue weighted by Crippen LogP contribution is -2.34. The molecular weight excluding hydrogens is 696 g/mol. The maximum atomic E-state index is 11.6. The van der Waals surface area contributed by atoms with E-state index in [0.29, 0.717) is 165 Å². The summed E-state index contributed by atoms with van der Waals surface area (Å²) in [6, 6.07) is 0. The first-order valence-corrected chi connectivity index (χ1v) is 18.4. The van der Waals surface area contributed by atoms with E-state index in [1.165, 1.54) is 0 Å². The zero-order valence-electron chi connectivity index (χ0n) is 32.6. The summed E-state index contributed by atoms with van der Waals surface area (Å²) in [5.74, 6) is 4.82. The molecule has 0 aliphatic carbocycles. The summed E-state index contributed by atoms with van der Waals surface area (Å²) < 4.78 is 71.2. The van der Waals surface area contributed by atoms with Gasteiger partial charge >= 0.3 is 6.09 Å². The standard InChI is InChI=1S/C37H68N2O14/c1-6-12-41-18-24-47-30-33-50-27-21-44-15-9-39(10-16-45-22-28-51-34-31-48-25-19-42-13-7-2)11-17-46-23-29-52-35-32-49-26-20-43-14-8-38-36(40)53-37(3,4)5/h1-2H,8-35H2,3-5H3,(H,38,40). The summed E-state index contributed by atoms with van der Waals surface area (Å²) in [6.45, 7) is 19.2. The lowest BCUT2D eigenvalue weighted by Gasteiger charge is -2.22. The zero-order chi connectivity index (χ0) is 38.8. The molecule has 0 rings (SSSR count). The van der Waals surface area contributed by atoms with Crippen LogP contribution in [-0.2, 0) is 61.6 Å². The highest BCUT2D eigenvalue weighted by Gasteiger charge is 2.15. The average molecular weight is 765 g/mol. The van der Waals surface area contributed by atoms with Crippen molar-refractivity contribution >= 4 is 6.09 Å². The summed E-state index contributed by atoms with van der Waals surface area (Å²) in [6.07, 6.45) is 9.79. The summed E-state index contributed by atoms with van der Waals surface area (Å²) in [7, 11) is 0. The lowest BCUT2D eigenvalue weighted by molar-refractivity contribution is -0.0132. The van der Waals surface area contributed by atoms with Crippen molar-refractivity contribution in [3.8, 4) is 24.7 Å². The Bertz CT molecular complexity index is 826. The van der Waals surface area contributed by atoms with Gasteiger partial charge in [0.05, 0.1) is 145 Å². The molecule has 0 saturated heterocycles. The maximum Gasteiger partial charge on any atom is 0.407 e. The summed E-state index contributed by atoms with van der Waals surface area (Å²) in [5.41, 5.74) is -0.524. The number of nitrogens with zero attached hydrogens (tertiary/aromatic N) is 1. The Morgan fingerprint density at radius 1 is 0.453 bits per heavy atom. The highest BCUT2D eigenvalue weighted by Crippen LogP contribution is 2.06. The van der Waals surface area contributed by atoms with Crippen molar-refractivity contribution in [3.63, 3.8) is 0 Å². The van der Waals surface area contributed by atoms with Crippen LogP contribution in [0.15, 0.2) is 0 Å². The third-order valence-electron chi connectivity index (χ3n) is 6.29. The van der Waals surface area contributed by atoms with Crippen LogP contribution < -0.4 is 5.32 Å². The van der Waals surface area contributed by atoms with Gasteiger partial charge in [-0.1, -0.05) is 11.8 Å². The number of hydrogen-bond acceptors (Lipinski definition) is 15. The van der Waals surface area contributed by atoms with Crippen LogP contribution in [0.5, 0.6) is 0 Å². The molecule has 0 atom stereocenters. The van der Waals surface area contributed by atoms with Gasteiger partial charge in [0.1, 0.15) is 18.8 Å². The Kier molecular flexibility index (Phi) is 39.4. The predicted molar refractivity (Wildman–Crippen MR) is 198 cm³/mol. The molecule has 0 bridgehead atoms. The number of ether oxygens (including phenoxy) is 13. The zero-order valence-corrected chi connectivity index (χ0v) is 32.6. The van der Waals surface area contributed by atoms with Crippen molar-refractivity contribution < 1.29 is 66.4 Å². The largest absolute Gasteiger partial charge is 0.444 e. The second kappa shape index (κ2) is 41.0. The van der Waals surface area contributed by atoms with Gasteiger partial charge in [0.2, 0.25) is 0 Å². The molecule has 0 radical (unpaired) electrons. The number of hydrogen-bond donors (Lipinski definition) is 1. The summed E-state index contributed by atoms with van der Waals surface area (Å²) in [4.78, 5) is 13.8. The quantitative estimate of drug-likeness (QED) is 0.0703. The predicted octanol–water partition coefficient (Wildman–Crippen LogP) is 1.28. The number of nitrogens with one attached hydrogen (secondary N) is 1. The average Bonchev–Trinajstić information content (AvgIpc) is 3.12. The Balaban J connectivity index is 3.96. The van der Waals surface area contributed by atoms with Gasteiger partial charge in [-0.3, -0.25) is 4.90 Å². The Hall–Kier alpha value is -2.13. The molecule has 1 N–H and O–H groups in total. The van der Waals surface area contributed by atoms with Crippen LogP contribution in [0.3, 0.4) is 0 Å². The number of amides is 1. The number of carbonyl (C=O) groups excluding carboxylic acids is 1. The molecule has 0 spiro atoms. The second-order valence-corrected chi connectivity index (χ2v) is 11.9. The topological polar surface area (TPSA) is 152 Å². The van der Waals surface area contributed by atoms with Crippen molar-refractivity contribution in [2.45, 2.75) is 26.4 Å². The SMILES string of the molecule is C#CCOCCOCCOCCOCCN(CCOCCOCCOCCOCC#C)CCOCCOCCOCCOCCNC(=O)OC(C)(C)C. The van der Waals surface area contributed by atoms with Crippen molar-refractivity contribution in [2.75, 3.05) is 185 Å². The Morgan fingerprint density at radius 3 is 1.00 bits per heavy atom. The highest BCUT2D eigenvalue weighted by atomic mass is 16.6. The molecule has 16 heteroatoms. The number of terminal acetylenes is 2. The molecular formula is C37H68N2O14. The van der Waals surface area contributed by atoms with E-state index in [0.717, 1.165) is 19.6 Å². The molecule has 0 unspecified atom stereocenters. The van der Waals surface area contributed by atoms with Gasteiger partial charge in [-0.25, -0.2) is 4.79 Å². The van der Waals surface area contributed by atoms with E-state index in [9.17, 15) is 4.79 Å². The lowest BCUT2D eigenvalue weighted by atomic mass is 10.2. The van der Waals surface area contributed by atoms with Gasteiger partial charge in [-0.2, -0.15) is 0 Å². The third-order valence-corrected chi connectivity index (χ3v) is 6.29. The smallest absolute Gasteiger partial charge is 0.407 e. The Labute approximate surface area is 318 Å². The molecule has 0 fully saturated rings. The van der Waals surface area contributed by atoms with Crippen LogP contribution >= 0.6 is 0 Å². The third kappa shape index (κ3) is 44.2. The van der Waals surface area contributed by atoms with E-state index >= 15 is 0 Å². The molecule has 0 aromatic heterocycles. The number of carbonyl (C=O) groups is 1. The van der Waals surface area contributed by atoms with E-state index in [1.54, 1.807) is 0 Å². The van der Waals surface area contributed by atoms with Crippen molar-refractivity contribution in [1.82, 2.24) is 10.2 Å². The van der Waals surface area contributed by atoms with E-state index in [1.807, 2.05) is 20.8 Å². The minimum atomic E-state index is -0.524. The maximum absolute atomic E-state index is 11.6. The van der Waals surface area contributed by atoms with Crippen molar-refractivity contribution in [2.24, 2.45) is 0 Å². The van der Waals surface area contributed by atoms with Crippen LogP contribution in [0, 0.1) is 24.7 Å². The molecule has 0 aromatic rings. The summed E-state index contributed by atoms with van der Waals surface area (Å²) >= 11 is 0. The second-order valence-electron chi connectivity index (χ2n) is 11.9. The van der Waals surface area contributed by atoms with Crippen LogP contribution in [0.1, 0.15) is 20.8 Å². The molecule has 0 aromatic carbocycles. The van der Waals surface area contributed by atoms with Crippen molar-refractivity contribution in [3.05, 3.63) is 0 Å². The molecule has 0 saturated carbocycles. The fourth-order valence-corrected chi connectivity index (χ4v) is 3.80.